The molecule has 0 radical (unpaired) electrons. The largest absolute Gasteiger partial charge is 0.480 e. The lowest BCUT2D eigenvalue weighted by Crippen LogP contribution is -2.43. The monoisotopic (exact) mass is 305 g/mol. The zero-order valence-electron chi connectivity index (χ0n) is 9.91. The van der Waals surface area contributed by atoms with Crippen LogP contribution < -0.4 is 5.32 Å². The molecular formula is C12H13Cl2NO2S. The second kappa shape index (κ2) is 4.93. The van der Waals surface area contributed by atoms with E-state index in [0.717, 1.165) is 5.56 Å². The van der Waals surface area contributed by atoms with Crippen LogP contribution in [0.3, 0.4) is 0 Å². The molecule has 98 valence electrons. The van der Waals surface area contributed by atoms with Crippen LogP contribution in [0.4, 0.5) is 0 Å². The second-order valence-corrected chi connectivity index (χ2v) is 7.31. The first-order valence-electron chi connectivity index (χ1n) is 5.43. The van der Waals surface area contributed by atoms with Crippen molar-refractivity contribution in [2.45, 2.75) is 30.0 Å². The van der Waals surface area contributed by atoms with E-state index < -0.39 is 12.0 Å². The van der Waals surface area contributed by atoms with Crippen LogP contribution >= 0.6 is 35.0 Å². The topological polar surface area (TPSA) is 49.3 Å². The van der Waals surface area contributed by atoms with Gasteiger partial charge in [-0.2, -0.15) is 0 Å². The SMILES string of the molecule is CC1(C)S[C@H](c2ccc(Cl)cc2Cl)N[C@@H]1C(=O)O. The smallest absolute Gasteiger partial charge is 0.322 e. The fourth-order valence-corrected chi connectivity index (χ4v) is 4.03. The fraction of sp³-hybridized carbons (Fsp3) is 0.417. The van der Waals surface area contributed by atoms with Crippen molar-refractivity contribution in [1.82, 2.24) is 5.32 Å². The number of carbonyl (C=O) groups is 1. The Morgan fingerprint density at radius 1 is 1.44 bits per heavy atom. The molecular weight excluding hydrogens is 293 g/mol. The molecule has 2 N–H and O–H groups in total. The van der Waals surface area contributed by atoms with Crippen LogP contribution in [-0.2, 0) is 4.79 Å². The number of aliphatic carboxylic acids is 1. The summed E-state index contributed by atoms with van der Waals surface area (Å²) in [7, 11) is 0. The molecule has 0 aliphatic carbocycles. The number of hydrogen-bond acceptors (Lipinski definition) is 3. The Morgan fingerprint density at radius 3 is 2.61 bits per heavy atom. The van der Waals surface area contributed by atoms with Gasteiger partial charge >= 0.3 is 5.97 Å². The number of benzene rings is 1. The minimum atomic E-state index is -0.847. The van der Waals surface area contributed by atoms with E-state index in [4.69, 9.17) is 23.2 Å². The molecule has 1 aliphatic heterocycles. The molecule has 1 fully saturated rings. The van der Waals surface area contributed by atoms with Crippen LogP contribution in [0.25, 0.3) is 0 Å². The second-order valence-electron chi connectivity index (χ2n) is 4.71. The molecule has 1 heterocycles. The standard InChI is InChI=1S/C12H13Cl2NO2S/c1-12(2)9(11(16)17)15-10(18-12)7-4-3-6(13)5-8(7)14/h3-5,9-10,15H,1-2H3,(H,16,17)/t9-,10-/m1/s1. The number of halogens is 2. The lowest BCUT2D eigenvalue weighted by Gasteiger charge is -2.20. The summed E-state index contributed by atoms with van der Waals surface area (Å²) in [5.41, 5.74) is 0.864. The Kier molecular flexibility index (Phi) is 3.83. The molecule has 1 aliphatic rings. The first-order chi connectivity index (χ1) is 8.31. The molecule has 0 aromatic heterocycles. The summed E-state index contributed by atoms with van der Waals surface area (Å²) in [6.07, 6.45) is 0. The van der Waals surface area contributed by atoms with Crippen molar-refractivity contribution in [3.63, 3.8) is 0 Å². The highest BCUT2D eigenvalue weighted by molar-refractivity contribution is 8.01. The lowest BCUT2D eigenvalue weighted by atomic mass is 10.0. The van der Waals surface area contributed by atoms with Gasteiger partial charge in [-0.1, -0.05) is 29.3 Å². The number of carboxylic acids is 1. The lowest BCUT2D eigenvalue weighted by molar-refractivity contribution is -0.139. The first kappa shape index (κ1) is 14.0. The third kappa shape index (κ3) is 2.62. The number of hydrogen-bond donors (Lipinski definition) is 2. The van der Waals surface area contributed by atoms with Crippen molar-refractivity contribution >= 4 is 40.9 Å². The van der Waals surface area contributed by atoms with Crippen molar-refractivity contribution in [2.24, 2.45) is 0 Å². The Morgan fingerprint density at radius 2 is 2.11 bits per heavy atom. The summed E-state index contributed by atoms with van der Waals surface area (Å²) in [4.78, 5) is 11.2. The van der Waals surface area contributed by atoms with Crippen molar-refractivity contribution in [3.05, 3.63) is 33.8 Å². The van der Waals surface area contributed by atoms with Gasteiger partial charge in [0.2, 0.25) is 0 Å². The number of rotatable bonds is 2. The maximum Gasteiger partial charge on any atom is 0.322 e. The van der Waals surface area contributed by atoms with E-state index in [0.29, 0.717) is 10.0 Å². The van der Waals surface area contributed by atoms with Gasteiger partial charge in [0.1, 0.15) is 6.04 Å². The van der Waals surface area contributed by atoms with Crippen molar-refractivity contribution in [1.29, 1.82) is 0 Å². The summed E-state index contributed by atoms with van der Waals surface area (Å²) in [5.74, 6) is -0.847. The zero-order chi connectivity index (χ0) is 13.5. The summed E-state index contributed by atoms with van der Waals surface area (Å²) in [6, 6.07) is 4.66. The van der Waals surface area contributed by atoms with Gasteiger partial charge in [0.15, 0.2) is 0 Å². The quantitative estimate of drug-likeness (QED) is 0.877. The van der Waals surface area contributed by atoms with Gasteiger partial charge in [0.25, 0.3) is 0 Å². The predicted molar refractivity (Wildman–Crippen MR) is 75.4 cm³/mol. The minimum Gasteiger partial charge on any atom is -0.480 e. The van der Waals surface area contributed by atoms with E-state index in [-0.39, 0.29) is 10.1 Å². The van der Waals surface area contributed by atoms with Gasteiger partial charge in [0.05, 0.1) is 5.37 Å². The molecule has 2 rings (SSSR count). The average Bonchev–Trinajstić information content (AvgIpc) is 2.54. The maximum absolute atomic E-state index is 11.2. The first-order valence-corrected chi connectivity index (χ1v) is 7.06. The molecule has 1 aromatic carbocycles. The average molecular weight is 306 g/mol. The molecule has 1 aromatic rings. The molecule has 6 heteroatoms. The number of thioether (sulfide) groups is 1. The van der Waals surface area contributed by atoms with Gasteiger partial charge in [-0.15, -0.1) is 11.8 Å². The van der Waals surface area contributed by atoms with Gasteiger partial charge in [-0.25, -0.2) is 0 Å². The Balaban J connectivity index is 2.29. The van der Waals surface area contributed by atoms with E-state index >= 15 is 0 Å². The number of nitrogens with one attached hydrogen (secondary N) is 1. The highest BCUT2D eigenvalue weighted by atomic mass is 35.5. The van der Waals surface area contributed by atoms with E-state index in [1.807, 2.05) is 19.9 Å². The Labute approximate surface area is 120 Å². The predicted octanol–water partition coefficient (Wildman–Crippen LogP) is 3.56. The van der Waals surface area contributed by atoms with Crippen LogP contribution in [0, 0.1) is 0 Å². The highest BCUT2D eigenvalue weighted by Gasteiger charge is 2.45. The van der Waals surface area contributed by atoms with Crippen molar-refractivity contribution < 1.29 is 9.90 Å². The molecule has 0 bridgehead atoms. The molecule has 1 saturated heterocycles. The van der Waals surface area contributed by atoms with E-state index in [2.05, 4.69) is 5.32 Å². The summed E-state index contributed by atoms with van der Waals surface area (Å²) in [6.45, 7) is 3.82. The zero-order valence-corrected chi connectivity index (χ0v) is 12.2. The summed E-state index contributed by atoms with van der Waals surface area (Å²) < 4.78 is -0.389. The van der Waals surface area contributed by atoms with Crippen LogP contribution in [0.15, 0.2) is 18.2 Å². The van der Waals surface area contributed by atoms with Crippen molar-refractivity contribution in [2.75, 3.05) is 0 Å². The van der Waals surface area contributed by atoms with Crippen LogP contribution in [0.5, 0.6) is 0 Å². The molecule has 0 amide bonds. The minimum absolute atomic E-state index is 0.133. The maximum atomic E-state index is 11.2. The molecule has 18 heavy (non-hydrogen) atoms. The Bertz CT molecular complexity index is 493. The van der Waals surface area contributed by atoms with Crippen molar-refractivity contribution in [3.8, 4) is 0 Å². The van der Waals surface area contributed by atoms with Gasteiger partial charge in [0, 0.05) is 14.8 Å². The van der Waals surface area contributed by atoms with E-state index in [1.165, 1.54) is 0 Å². The van der Waals surface area contributed by atoms with E-state index in [1.54, 1.807) is 23.9 Å². The van der Waals surface area contributed by atoms with Gasteiger partial charge < -0.3 is 5.11 Å². The van der Waals surface area contributed by atoms with Crippen LogP contribution in [0.1, 0.15) is 24.8 Å². The Hall–Kier alpha value is -0.420. The summed E-state index contributed by atoms with van der Waals surface area (Å²) >= 11 is 13.6. The third-order valence-corrected chi connectivity index (χ3v) is 4.96. The van der Waals surface area contributed by atoms with E-state index in [9.17, 15) is 9.90 Å². The molecule has 0 spiro atoms. The molecule has 0 saturated carbocycles. The normalized spacial score (nSPS) is 26.2. The van der Waals surface area contributed by atoms with Crippen LogP contribution in [0.2, 0.25) is 10.0 Å². The number of carboxylic acid groups (broad SMARTS) is 1. The van der Waals surface area contributed by atoms with Gasteiger partial charge in [-0.3, -0.25) is 10.1 Å². The van der Waals surface area contributed by atoms with Crippen LogP contribution in [-0.4, -0.2) is 21.9 Å². The highest BCUT2D eigenvalue weighted by Crippen LogP contribution is 2.47. The van der Waals surface area contributed by atoms with Gasteiger partial charge in [-0.05, 0) is 31.5 Å². The summed E-state index contributed by atoms with van der Waals surface area (Å²) in [5, 5.41) is 13.3. The fourth-order valence-electron chi connectivity index (χ4n) is 1.99. The molecule has 2 atom stereocenters. The molecule has 0 unspecified atom stereocenters. The molecule has 3 nitrogen and oxygen atoms in total. The third-order valence-electron chi connectivity index (χ3n) is 2.93.